The van der Waals surface area contributed by atoms with Crippen molar-refractivity contribution < 1.29 is 14.2 Å². The van der Waals surface area contributed by atoms with Crippen LogP contribution in [-0.4, -0.2) is 21.3 Å². The lowest BCUT2D eigenvalue weighted by molar-refractivity contribution is 0.354. The Morgan fingerprint density at radius 3 is 1.74 bits per heavy atom. The van der Waals surface area contributed by atoms with E-state index in [2.05, 4.69) is 37.3 Å². The average Bonchev–Trinajstić information content (AvgIpc) is 2.58. The van der Waals surface area contributed by atoms with Crippen LogP contribution < -0.4 is 14.2 Å². The molecule has 0 spiro atoms. The number of benzene rings is 2. The fourth-order valence-corrected chi connectivity index (χ4v) is 2.51. The van der Waals surface area contributed by atoms with Gasteiger partial charge in [-0.2, -0.15) is 0 Å². The molecule has 0 fully saturated rings. The third-order valence-electron chi connectivity index (χ3n) is 3.78. The zero-order valence-corrected chi connectivity index (χ0v) is 14.3. The molecule has 0 aliphatic rings. The van der Waals surface area contributed by atoms with Crippen molar-refractivity contribution in [3.05, 3.63) is 65.2 Å². The van der Waals surface area contributed by atoms with Crippen molar-refractivity contribution in [1.29, 1.82) is 0 Å². The molecule has 0 saturated carbocycles. The average molecular weight is 312 g/mol. The minimum atomic E-state index is 0.758. The molecule has 2 aromatic carbocycles. The SMILES string of the molecule is COc1ccc(C/C=C\Cc2ccc(OC)c(OC)c2)cc1C. The topological polar surface area (TPSA) is 27.7 Å². The number of rotatable bonds is 7. The summed E-state index contributed by atoms with van der Waals surface area (Å²) in [5, 5.41) is 0. The lowest BCUT2D eigenvalue weighted by Gasteiger charge is -2.08. The Labute approximate surface area is 138 Å². The number of methoxy groups -OCH3 is 3. The first-order valence-electron chi connectivity index (χ1n) is 7.67. The highest BCUT2D eigenvalue weighted by Gasteiger charge is 2.03. The summed E-state index contributed by atoms with van der Waals surface area (Å²) in [7, 11) is 5.00. The summed E-state index contributed by atoms with van der Waals surface area (Å²) in [6.45, 7) is 2.07. The third-order valence-corrected chi connectivity index (χ3v) is 3.78. The first-order valence-corrected chi connectivity index (χ1v) is 7.67. The molecule has 0 atom stereocenters. The molecule has 23 heavy (non-hydrogen) atoms. The van der Waals surface area contributed by atoms with E-state index in [4.69, 9.17) is 14.2 Å². The summed E-state index contributed by atoms with van der Waals surface area (Å²) < 4.78 is 15.9. The largest absolute Gasteiger partial charge is 0.496 e. The molecule has 3 nitrogen and oxygen atoms in total. The van der Waals surface area contributed by atoms with E-state index < -0.39 is 0 Å². The molecule has 2 aromatic rings. The Hall–Kier alpha value is -2.42. The predicted octanol–water partition coefficient (Wildman–Crippen LogP) is 4.36. The van der Waals surface area contributed by atoms with E-state index in [1.54, 1.807) is 21.3 Å². The van der Waals surface area contributed by atoms with Gasteiger partial charge in [0.2, 0.25) is 0 Å². The molecule has 2 rings (SSSR count). The Kier molecular flexibility index (Phi) is 6.10. The van der Waals surface area contributed by atoms with Crippen molar-refractivity contribution in [2.45, 2.75) is 19.8 Å². The van der Waals surface area contributed by atoms with Gasteiger partial charge >= 0.3 is 0 Å². The van der Waals surface area contributed by atoms with E-state index in [1.165, 1.54) is 16.7 Å². The van der Waals surface area contributed by atoms with Crippen LogP contribution in [0.2, 0.25) is 0 Å². The number of allylic oxidation sites excluding steroid dienone is 2. The van der Waals surface area contributed by atoms with Crippen molar-refractivity contribution >= 4 is 0 Å². The van der Waals surface area contributed by atoms with Crippen LogP contribution in [0.15, 0.2) is 48.6 Å². The summed E-state index contributed by atoms with van der Waals surface area (Å²) in [5.41, 5.74) is 3.65. The molecule has 0 heterocycles. The fourth-order valence-electron chi connectivity index (χ4n) is 2.51. The second kappa shape index (κ2) is 8.28. The van der Waals surface area contributed by atoms with Crippen LogP contribution in [0.1, 0.15) is 16.7 Å². The Morgan fingerprint density at radius 1 is 0.696 bits per heavy atom. The standard InChI is InChI=1S/C20H24O3/c1-15-13-16(9-11-18(15)21-2)7-5-6-8-17-10-12-19(22-3)20(14-17)23-4/h5-6,9-14H,7-8H2,1-4H3/b6-5-. The van der Waals surface area contributed by atoms with Crippen LogP contribution in [0.4, 0.5) is 0 Å². The van der Waals surface area contributed by atoms with Gasteiger partial charge in [-0.05, 0) is 54.7 Å². The smallest absolute Gasteiger partial charge is 0.160 e. The molecule has 3 heteroatoms. The Morgan fingerprint density at radius 2 is 1.22 bits per heavy atom. The molecule has 0 bridgehead atoms. The highest BCUT2D eigenvalue weighted by Crippen LogP contribution is 2.27. The summed E-state index contributed by atoms with van der Waals surface area (Å²) in [6.07, 6.45) is 6.16. The Bertz CT molecular complexity index is 675. The molecule has 0 aliphatic heterocycles. The minimum Gasteiger partial charge on any atom is -0.496 e. The van der Waals surface area contributed by atoms with Gasteiger partial charge in [0, 0.05) is 0 Å². The lowest BCUT2D eigenvalue weighted by atomic mass is 10.1. The maximum absolute atomic E-state index is 5.33. The highest BCUT2D eigenvalue weighted by atomic mass is 16.5. The highest BCUT2D eigenvalue weighted by molar-refractivity contribution is 5.43. The summed E-state index contributed by atoms with van der Waals surface area (Å²) in [4.78, 5) is 0. The molecule has 0 amide bonds. The second-order valence-electron chi connectivity index (χ2n) is 5.37. The Balaban J connectivity index is 1.95. The van der Waals surface area contributed by atoms with E-state index in [-0.39, 0.29) is 0 Å². The molecule has 0 aliphatic carbocycles. The van der Waals surface area contributed by atoms with Gasteiger partial charge in [-0.1, -0.05) is 30.4 Å². The van der Waals surface area contributed by atoms with Gasteiger partial charge in [0.05, 0.1) is 21.3 Å². The predicted molar refractivity (Wildman–Crippen MR) is 93.8 cm³/mol. The van der Waals surface area contributed by atoms with Crippen LogP contribution in [0, 0.1) is 6.92 Å². The first kappa shape index (κ1) is 16.9. The van der Waals surface area contributed by atoms with Crippen molar-refractivity contribution in [2.75, 3.05) is 21.3 Å². The van der Waals surface area contributed by atoms with Gasteiger partial charge in [0.1, 0.15) is 5.75 Å². The third kappa shape index (κ3) is 4.52. The molecule has 0 radical (unpaired) electrons. The monoisotopic (exact) mass is 312 g/mol. The zero-order chi connectivity index (χ0) is 16.7. The van der Waals surface area contributed by atoms with Crippen LogP contribution in [0.3, 0.4) is 0 Å². The van der Waals surface area contributed by atoms with Crippen LogP contribution >= 0.6 is 0 Å². The van der Waals surface area contributed by atoms with E-state index in [0.29, 0.717) is 0 Å². The molecule has 0 unspecified atom stereocenters. The maximum atomic E-state index is 5.33. The fraction of sp³-hybridized carbons (Fsp3) is 0.300. The molecule has 0 aromatic heterocycles. The minimum absolute atomic E-state index is 0.758. The van der Waals surface area contributed by atoms with Gasteiger partial charge in [-0.15, -0.1) is 0 Å². The van der Waals surface area contributed by atoms with Crippen molar-refractivity contribution in [2.24, 2.45) is 0 Å². The molecular weight excluding hydrogens is 288 g/mol. The molecule has 0 saturated heterocycles. The van der Waals surface area contributed by atoms with Gasteiger partial charge in [0.15, 0.2) is 11.5 Å². The first-order chi connectivity index (χ1) is 11.2. The molecular formula is C20H24O3. The van der Waals surface area contributed by atoms with Crippen molar-refractivity contribution in [1.82, 2.24) is 0 Å². The summed E-state index contributed by atoms with van der Waals surface area (Å²) in [5.74, 6) is 2.46. The van der Waals surface area contributed by atoms with Gasteiger partial charge < -0.3 is 14.2 Å². The van der Waals surface area contributed by atoms with Crippen molar-refractivity contribution in [3.8, 4) is 17.2 Å². The van der Waals surface area contributed by atoms with Crippen LogP contribution in [-0.2, 0) is 12.8 Å². The number of hydrogen-bond acceptors (Lipinski definition) is 3. The van der Waals surface area contributed by atoms with Crippen molar-refractivity contribution in [3.63, 3.8) is 0 Å². The normalized spacial score (nSPS) is 10.8. The summed E-state index contributed by atoms with van der Waals surface area (Å²) in [6, 6.07) is 12.3. The van der Waals surface area contributed by atoms with Crippen LogP contribution in [0.25, 0.3) is 0 Å². The van der Waals surface area contributed by atoms with Gasteiger partial charge in [0.25, 0.3) is 0 Å². The zero-order valence-electron chi connectivity index (χ0n) is 14.3. The number of hydrogen-bond donors (Lipinski definition) is 0. The number of aryl methyl sites for hydroxylation is 1. The quantitative estimate of drug-likeness (QED) is 0.711. The van der Waals surface area contributed by atoms with E-state index in [9.17, 15) is 0 Å². The van der Waals surface area contributed by atoms with E-state index in [1.807, 2.05) is 18.2 Å². The van der Waals surface area contributed by atoms with Crippen LogP contribution in [0.5, 0.6) is 17.2 Å². The van der Waals surface area contributed by atoms with E-state index in [0.717, 1.165) is 30.1 Å². The van der Waals surface area contributed by atoms with Gasteiger partial charge in [-0.25, -0.2) is 0 Å². The van der Waals surface area contributed by atoms with E-state index >= 15 is 0 Å². The molecule has 122 valence electrons. The van der Waals surface area contributed by atoms with Gasteiger partial charge in [-0.3, -0.25) is 0 Å². The second-order valence-corrected chi connectivity index (χ2v) is 5.37. The maximum Gasteiger partial charge on any atom is 0.160 e. The summed E-state index contributed by atoms with van der Waals surface area (Å²) >= 11 is 0. The lowest BCUT2D eigenvalue weighted by Crippen LogP contribution is -1.92. The number of ether oxygens (including phenoxy) is 3. The molecule has 0 N–H and O–H groups in total.